The number of hydrogen-bond acceptors (Lipinski definition) is 2. The Morgan fingerprint density at radius 3 is 2.55 bits per heavy atom. The number of fused-ring (bicyclic) bond motifs is 1. The predicted molar refractivity (Wildman–Crippen MR) is 96.0 cm³/mol. The Labute approximate surface area is 146 Å². The van der Waals surface area contributed by atoms with Gasteiger partial charge in [-0.3, -0.25) is 0 Å². The number of alkyl halides is 1. The zero-order valence-electron chi connectivity index (χ0n) is 11.4. The maximum absolute atomic E-state index is 10.3. The van der Waals surface area contributed by atoms with Crippen LogP contribution in [0.3, 0.4) is 0 Å². The molecule has 3 aromatic rings. The van der Waals surface area contributed by atoms with Gasteiger partial charge in [0.15, 0.2) is 0 Å². The van der Waals surface area contributed by atoms with Crippen molar-refractivity contribution in [2.75, 3.05) is 5.33 Å². The summed E-state index contributed by atoms with van der Waals surface area (Å²) in [6.45, 7) is 0. The molecule has 0 amide bonds. The number of aromatic nitrogens is 1. The highest BCUT2D eigenvalue weighted by molar-refractivity contribution is 9.09. The minimum atomic E-state index is -0.602. The molecule has 0 spiro atoms. The fraction of sp³-hybridized carbons (Fsp3) is 0.118. The molecule has 1 atom stereocenters. The summed E-state index contributed by atoms with van der Waals surface area (Å²) >= 11 is 15.4. The third kappa shape index (κ3) is 2.99. The Morgan fingerprint density at radius 1 is 1.05 bits per heavy atom. The number of halogens is 3. The first-order chi connectivity index (χ1) is 10.6. The molecule has 0 aliphatic carbocycles. The summed E-state index contributed by atoms with van der Waals surface area (Å²) in [5.74, 6) is 0. The van der Waals surface area contributed by atoms with Crippen LogP contribution in [0.2, 0.25) is 10.0 Å². The number of aliphatic hydroxyl groups is 1. The largest absolute Gasteiger partial charge is 0.388 e. The topological polar surface area (TPSA) is 33.1 Å². The molecule has 112 valence electrons. The molecule has 2 aromatic carbocycles. The van der Waals surface area contributed by atoms with E-state index in [0.717, 1.165) is 27.7 Å². The standard InChI is InChI=1S/C17H12BrCl2NO/c18-9-17(22)12-8-16(10-5-6-13(19)14(20)7-10)21-15-4-2-1-3-11(12)15/h1-8,17,22H,9H2. The van der Waals surface area contributed by atoms with Crippen molar-refractivity contribution in [1.29, 1.82) is 0 Å². The van der Waals surface area contributed by atoms with Crippen molar-refractivity contribution in [2.24, 2.45) is 0 Å². The van der Waals surface area contributed by atoms with Gasteiger partial charge in [-0.25, -0.2) is 4.98 Å². The van der Waals surface area contributed by atoms with Crippen molar-refractivity contribution in [3.63, 3.8) is 0 Å². The number of benzene rings is 2. The second-order valence-electron chi connectivity index (χ2n) is 4.91. The van der Waals surface area contributed by atoms with Crippen molar-refractivity contribution in [3.05, 3.63) is 64.1 Å². The summed E-state index contributed by atoms with van der Waals surface area (Å²) in [6, 6.07) is 15.1. The molecule has 0 radical (unpaired) electrons. The zero-order valence-corrected chi connectivity index (χ0v) is 14.5. The molecule has 1 aromatic heterocycles. The molecule has 22 heavy (non-hydrogen) atoms. The molecule has 0 aliphatic rings. The number of pyridine rings is 1. The minimum absolute atomic E-state index is 0.460. The molecular formula is C17H12BrCl2NO. The fourth-order valence-corrected chi connectivity index (χ4v) is 3.01. The molecule has 0 saturated carbocycles. The lowest BCUT2D eigenvalue weighted by Gasteiger charge is -2.13. The highest BCUT2D eigenvalue weighted by Crippen LogP contribution is 2.32. The summed E-state index contributed by atoms with van der Waals surface area (Å²) < 4.78 is 0. The molecule has 1 heterocycles. The number of nitrogens with zero attached hydrogens (tertiary/aromatic N) is 1. The molecule has 0 bridgehead atoms. The van der Waals surface area contributed by atoms with Crippen LogP contribution in [-0.2, 0) is 0 Å². The maximum atomic E-state index is 10.3. The van der Waals surface area contributed by atoms with E-state index in [1.54, 1.807) is 12.1 Å². The third-order valence-corrected chi connectivity index (χ3v) is 4.82. The third-order valence-electron chi connectivity index (χ3n) is 3.47. The Bertz CT molecular complexity index is 838. The van der Waals surface area contributed by atoms with E-state index >= 15 is 0 Å². The van der Waals surface area contributed by atoms with E-state index < -0.39 is 6.10 Å². The highest BCUT2D eigenvalue weighted by atomic mass is 79.9. The summed E-state index contributed by atoms with van der Waals surface area (Å²) in [5.41, 5.74) is 3.29. The van der Waals surface area contributed by atoms with Gasteiger partial charge < -0.3 is 5.11 Å². The average Bonchev–Trinajstić information content (AvgIpc) is 2.55. The first-order valence-corrected chi connectivity index (χ1v) is 8.57. The Hall–Kier alpha value is -1.13. The van der Waals surface area contributed by atoms with Gasteiger partial charge in [0, 0.05) is 16.3 Å². The lowest BCUT2D eigenvalue weighted by molar-refractivity contribution is 0.207. The number of hydrogen-bond donors (Lipinski definition) is 1. The predicted octanol–water partition coefficient (Wildman–Crippen LogP) is 5.64. The Kier molecular flexibility index (Phi) is 4.69. The molecule has 0 aliphatic heterocycles. The van der Waals surface area contributed by atoms with E-state index in [4.69, 9.17) is 23.2 Å². The second-order valence-corrected chi connectivity index (χ2v) is 6.37. The van der Waals surface area contributed by atoms with Gasteiger partial charge in [0.05, 0.1) is 27.4 Å². The van der Waals surface area contributed by atoms with Gasteiger partial charge in [-0.15, -0.1) is 0 Å². The van der Waals surface area contributed by atoms with Crippen LogP contribution in [0.4, 0.5) is 0 Å². The number of para-hydroxylation sites is 1. The van der Waals surface area contributed by atoms with Gasteiger partial charge in [-0.1, -0.05) is 63.4 Å². The van der Waals surface area contributed by atoms with Gasteiger partial charge in [-0.2, -0.15) is 0 Å². The van der Waals surface area contributed by atoms with E-state index in [2.05, 4.69) is 20.9 Å². The molecule has 0 saturated heterocycles. The van der Waals surface area contributed by atoms with Gasteiger partial charge >= 0.3 is 0 Å². The summed E-state index contributed by atoms with van der Waals surface area (Å²) in [5, 5.41) is 12.7. The van der Waals surface area contributed by atoms with Crippen molar-refractivity contribution in [2.45, 2.75) is 6.10 Å². The average molecular weight is 397 g/mol. The summed E-state index contributed by atoms with van der Waals surface area (Å²) in [6.07, 6.45) is -0.602. The molecule has 5 heteroatoms. The van der Waals surface area contributed by atoms with E-state index in [1.807, 2.05) is 36.4 Å². The fourth-order valence-electron chi connectivity index (χ4n) is 2.36. The molecule has 1 unspecified atom stereocenters. The zero-order chi connectivity index (χ0) is 15.7. The Balaban J connectivity index is 2.24. The van der Waals surface area contributed by atoms with Crippen LogP contribution in [0.1, 0.15) is 11.7 Å². The lowest BCUT2D eigenvalue weighted by atomic mass is 10.0. The molecule has 0 fully saturated rings. The van der Waals surface area contributed by atoms with E-state index in [-0.39, 0.29) is 0 Å². The van der Waals surface area contributed by atoms with E-state index in [0.29, 0.717) is 15.4 Å². The van der Waals surface area contributed by atoms with Crippen molar-refractivity contribution in [3.8, 4) is 11.3 Å². The van der Waals surface area contributed by atoms with Crippen molar-refractivity contribution < 1.29 is 5.11 Å². The van der Waals surface area contributed by atoms with Gasteiger partial charge in [0.2, 0.25) is 0 Å². The van der Waals surface area contributed by atoms with Crippen LogP contribution in [0.5, 0.6) is 0 Å². The minimum Gasteiger partial charge on any atom is -0.388 e. The SMILES string of the molecule is OC(CBr)c1cc(-c2ccc(Cl)c(Cl)c2)nc2ccccc12. The first kappa shape index (κ1) is 15.8. The Morgan fingerprint density at radius 2 is 1.82 bits per heavy atom. The molecular weight excluding hydrogens is 385 g/mol. The van der Waals surface area contributed by atoms with E-state index in [9.17, 15) is 5.11 Å². The normalized spacial score (nSPS) is 12.5. The van der Waals surface area contributed by atoms with Crippen LogP contribution in [0, 0.1) is 0 Å². The smallest absolute Gasteiger partial charge is 0.0894 e. The summed E-state index contributed by atoms with van der Waals surface area (Å²) in [7, 11) is 0. The quantitative estimate of drug-likeness (QED) is 0.581. The van der Waals surface area contributed by atoms with Gasteiger partial charge in [-0.05, 0) is 29.8 Å². The molecule has 3 rings (SSSR count). The maximum Gasteiger partial charge on any atom is 0.0894 e. The number of rotatable bonds is 3. The van der Waals surface area contributed by atoms with Crippen LogP contribution >= 0.6 is 39.1 Å². The first-order valence-electron chi connectivity index (χ1n) is 6.69. The van der Waals surface area contributed by atoms with Crippen LogP contribution < -0.4 is 0 Å². The van der Waals surface area contributed by atoms with Crippen LogP contribution in [-0.4, -0.2) is 15.4 Å². The number of aliphatic hydroxyl groups excluding tert-OH is 1. The van der Waals surface area contributed by atoms with Crippen molar-refractivity contribution >= 4 is 50.0 Å². The highest BCUT2D eigenvalue weighted by Gasteiger charge is 2.14. The summed E-state index contributed by atoms with van der Waals surface area (Å²) in [4.78, 5) is 4.67. The van der Waals surface area contributed by atoms with Crippen molar-refractivity contribution in [1.82, 2.24) is 4.98 Å². The molecule has 1 N–H and O–H groups in total. The van der Waals surface area contributed by atoms with E-state index in [1.165, 1.54) is 0 Å². The molecule has 2 nitrogen and oxygen atoms in total. The van der Waals surface area contributed by atoms with Crippen LogP contribution in [0.15, 0.2) is 48.5 Å². The van der Waals surface area contributed by atoms with Gasteiger partial charge in [0.25, 0.3) is 0 Å². The van der Waals surface area contributed by atoms with Gasteiger partial charge in [0.1, 0.15) is 0 Å². The monoisotopic (exact) mass is 395 g/mol. The lowest BCUT2D eigenvalue weighted by Crippen LogP contribution is -2.01. The van der Waals surface area contributed by atoms with Crippen LogP contribution in [0.25, 0.3) is 22.2 Å². The second kappa shape index (κ2) is 6.55.